The number of carbonyl (C=O) groups is 2. The van der Waals surface area contributed by atoms with Gasteiger partial charge in [0.05, 0.1) is 6.54 Å². The molecule has 0 bridgehead atoms. The first kappa shape index (κ1) is 25.8. The lowest BCUT2D eigenvalue weighted by atomic mass is 10.1. The van der Waals surface area contributed by atoms with E-state index in [1.165, 1.54) is 12.1 Å². The van der Waals surface area contributed by atoms with E-state index in [1.54, 1.807) is 12.1 Å². The van der Waals surface area contributed by atoms with Crippen LogP contribution in [0, 0.1) is 0 Å². The summed E-state index contributed by atoms with van der Waals surface area (Å²) in [5.41, 5.74) is 8.02. The number of benzene rings is 1. The Morgan fingerprint density at radius 3 is 2.14 bits per heavy atom. The molecule has 0 spiro atoms. The number of amides is 1. The van der Waals surface area contributed by atoms with Gasteiger partial charge in [-0.25, -0.2) is 5.84 Å². The molecule has 10 N–H and O–H groups in total. The molecule has 12 heteroatoms. The molecule has 1 aromatic carbocycles. The number of nitrogens with one attached hydrogen (secondary N) is 2. The molecule has 1 atom stereocenters. The lowest BCUT2D eigenvalue weighted by molar-refractivity contribution is -0.138. The van der Waals surface area contributed by atoms with E-state index in [4.69, 9.17) is 31.6 Å². The minimum atomic E-state index is -3.87. The number of hydrogen-bond donors (Lipinski definition) is 8. The Morgan fingerprint density at radius 2 is 1.64 bits per heavy atom. The van der Waals surface area contributed by atoms with E-state index in [2.05, 4.69) is 5.32 Å². The van der Waals surface area contributed by atoms with Crippen LogP contribution in [0.3, 0.4) is 0 Å². The number of hydrazine groups is 1. The molecule has 28 heavy (non-hydrogen) atoms. The molecular weight excluding hydrogens is 391 g/mol. The van der Waals surface area contributed by atoms with Gasteiger partial charge in [0.15, 0.2) is 0 Å². The van der Waals surface area contributed by atoms with E-state index < -0.39 is 19.6 Å². The van der Waals surface area contributed by atoms with E-state index in [0.29, 0.717) is 25.7 Å². The van der Waals surface area contributed by atoms with Crippen molar-refractivity contribution in [3.8, 4) is 5.75 Å². The first-order chi connectivity index (χ1) is 13.0. The van der Waals surface area contributed by atoms with Crippen molar-refractivity contribution < 1.29 is 34.2 Å². The molecule has 0 heterocycles. The maximum atomic E-state index is 10.7. The minimum absolute atomic E-state index is 0.0992. The minimum Gasteiger partial charge on any atom is -0.508 e. The summed E-state index contributed by atoms with van der Waals surface area (Å²) in [6, 6.07) is 5.57. The summed E-state index contributed by atoms with van der Waals surface area (Å²) in [7, 11) is -3.87. The third-order valence-electron chi connectivity index (χ3n) is 3.51. The Morgan fingerprint density at radius 1 is 1.07 bits per heavy atom. The van der Waals surface area contributed by atoms with Gasteiger partial charge in [0.2, 0.25) is 0 Å². The van der Waals surface area contributed by atoms with Crippen molar-refractivity contribution in [3.05, 3.63) is 24.3 Å². The quantitative estimate of drug-likeness (QED) is 0.0613. The van der Waals surface area contributed by atoms with Crippen LogP contribution in [0.1, 0.15) is 32.1 Å². The zero-order chi connectivity index (χ0) is 21.6. The van der Waals surface area contributed by atoms with Gasteiger partial charge in [-0.05, 0) is 37.1 Å². The van der Waals surface area contributed by atoms with E-state index >= 15 is 0 Å². The highest BCUT2D eigenvalue weighted by atomic mass is 31.2. The third-order valence-corrected chi connectivity index (χ3v) is 4.41. The number of carboxylic acids is 1. The summed E-state index contributed by atoms with van der Waals surface area (Å²) < 4.78 is 10.5. The largest absolute Gasteiger partial charge is 0.508 e. The number of carboxylic acid groups (broad SMARTS) is 1. The molecule has 1 aromatic rings. The molecule has 0 saturated carbocycles. The van der Waals surface area contributed by atoms with E-state index in [0.717, 1.165) is 12.1 Å². The number of aromatic hydroxyl groups is 1. The average Bonchev–Trinajstić information content (AvgIpc) is 2.63. The van der Waals surface area contributed by atoms with Gasteiger partial charge in [-0.15, -0.1) is 0 Å². The van der Waals surface area contributed by atoms with Crippen molar-refractivity contribution in [3.63, 3.8) is 0 Å². The molecule has 0 radical (unpaired) electrons. The van der Waals surface area contributed by atoms with Gasteiger partial charge in [-0.2, -0.15) is 0 Å². The van der Waals surface area contributed by atoms with Crippen LogP contribution in [0.15, 0.2) is 24.3 Å². The predicted octanol–water partition coefficient (Wildman–Crippen LogP) is 0.321. The molecule has 1 amide bonds. The van der Waals surface area contributed by atoms with Crippen LogP contribution in [0.25, 0.3) is 0 Å². The standard InChI is InChI=1S/C8H11N3O2.C8H18NO5P/c9-11-8(13)5-10-6-1-3-7(12)4-2-6;9-7(8(10)11)5-3-1-2-4-6-15(12,13)14/h1-4,10,12H,5,9H2,(H,11,13);7H,1-6,9H2,(H,10,11)(H2,12,13,14). The first-order valence-corrected chi connectivity index (χ1v) is 10.4. The SMILES string of the molecule is NC(CCCCCCP(=O)(O)O)C(=O)O.NNC(=O)CNc1ccc(O)cc1. The van der Waals surface area contributed by atoms with Crippen LogP contribution >= 0.6 is 7.60 Å². The average molecular weight is 420 g/mol. The summed E-state index contributed by atoms with van der Waals surface area (Å²) >= 11 is 0. The number of carbonyl (C=O) groups excluding carboxylic acids is 1. The van der Waals surface area contributed by atoms with Crippen molar-refractivity contribution in [2.75, 3.05) is 18.0 Å². The molecule has 0 saturated heterocycles. The molecule has 0 aliphatic heterocycles. The van der Waals surface area contributed by atoms with Gasteiger partial charge in [0.1, 0.15) is 11.8 Å². The van der Waals surface area contributed by atoms with Crippen molar-refractivity contribution in [1.29, 1.82) is 0 Å². The second-order valence-corrected chi connectivity index (χ2v) is 7.78. The van der Waals surface area contributed by atoms with Crippen LogP contribution in [-0.4, -0.2) is 50.6 Å². The number of hydrogen-bond acceptors (Lipinski definition) is 7. The van der Waals surface area contributed by atoms with Crippen molar-refractivity contribution in [2.45, 2.75) is 38.1 Å². The normalized spacial score (nSPS) is 11.7. The molecular formula is C16H29N4O7P. The monoisotopic (exact) mass is 420 g/mol. The van der Waals surface area contributed by atoms with Gasteiger partial charge in [-0.1, -0.05) is 19.3 Å². The van der Waals surface area contributed by atoms with Gasteiger partial charge >= 0.3 is 13.6 Å². The van der Waals surface area contributed by atoms with Gasteiger partial charge < -0.3 is 31.1 Å². The summed E-state index contributed by atoms with van der Waals surface area (Å²) in [6.45, 7) is 0.112. The maximum Gasteiger partial charge on any atom is 0.325 e. The molecule has 0 aliphatic rings. The number of unbranched alkanes of at least 4 members (excludes halogenated alkanes) is 3. The van der Waals surface area contributed by atoms with Crippen LogP contribution < -0.4 is 22.3 Å². The molecule has 0 aromatic heterocycles. The zero-order valence-corrected chi connectivity index (χ0v) is 16.3. The highest BCUT2D eigenvalue weighted by Gasteiger charge is 2.12. The fraction of sp³-hybridized carbons (Fsp3) is 0.500. The van der Waals surface area contributed by atoms with Gasteiger partial charge in [-0.3, -0.25) is 19.6 Å². The van der Waals surface area contributed by atoms with Crippen LogP contribution in [-0.2, 0) is 14.2 Å². The predicted molar refractivity (Wildman–Crippen MR) is 105 cm³/mol. The van der Waals surface area contributed by atoms with Gasteiger partial charge in [0, 0.05) is 11.8 Å². The van der Waals surface area contributed by atoms with Crippen LogP contribution in [0.2, 0.25) is 0 Å². The first-order valence-electron chi connectivity index (χ1n) is 8.60. The fourth-order valence-corrected chi connectivity index (χ4v) is 2.61. The Kier molecular flexibility index (Phi) is 12.8. The van der Waals surface area contributed by atoms with Gasteiger partial charge in [0.25, 0.3) is 5.91 Å². The number of nitrogens with two attached hydrogens (primary N) is 2. The summed E-state index contributed by atoms with van der Waals surface area (Å²) in [6.07, 6.45) is 2.89. The second-order valence-electron chi connectivity index (χ2n) is 6.00. The van der Waals surface area contributed by atoms with E-state index in [1.807, 2.05) is 5.43 Å². The number of anilines is 1. The van der Waals surface area contributed by atoms with Crippen LogP contribution in [0.5, 0.6) is 5.75 Å². The van der Waals surface area contributed by atoms with Crippen molar-refractivity contribution in [2.24, 2.45) is 11.6 Å². The second kappa shape index (κ2) is 13.9. The highest BCUT2D eigenvalue weighted by molar-refractivity contribution is 7.51. The summed E-state index contributed by atoms with van der Waals surface area (Å²) in [5, 5.41) is 20.2. The topological polar surface area (TPSA) is 208 Å². The molecule has 0 fully saturated rings. The summed E-state index contributed by atoms with van der Waals surface area (Å²) in [5.74, 6) is 3.76. The highest BCUT2D eigenvalue weighted by Crippen LogP contribution is 2.35. The third kappa shape index (κ3) is 14.9. The van der Waals surface area contributed by atoms with Crippen molar-refractivity contribution >= 4 is 25.2 Å². The van der Waals surface area contributed by atoms with Crippen LogP contribution in [0.4, 0.5) is 5.69 Å². The Balaban J connectivity index is 0.000000525. The molecule has 160 valence electrons. The summed E-state index contributed by atoms with van der Waals surface area (Å²) in [4.78, 5) is 38.1. The smallest absolute Gasteiger partial charge is 0.325 e. The molecule has 11 nitrogen and oxygen atoms in total. The lowest BCUT2D eigenvalue weighted by Gasteiger charge is -2.06. The molecule has 1 unspecified atom stereocenters. The zero-order valence-electron chi connectivity index (χ0n) is 15.5. The fourth-order valence-electron chi connectivity index (χ4n) is 1.97. The Hall–Kier alpha value is -2.17. The molecule has 0 aliphatic carbocycles. The number of phenols is 1. The number of aliphatic carboxylic acids is 1. The molecule has 1 rings (SSSR count). The Bertz CT molecular complexity index is 636. The number of rotatable bonds is 11. The lowest BCUT2D eigenvalue weighted by Crippen LogP contribution is -2.35. The van der Waals surface area contributed by atoms with E-state index in [-0.39, 0.29) is 24.4 Å². The number of phenolic OH excluding ortho intramolecular Hbond substituents is 1. The Labute approximate surface area is 163 Å². The van der Waals surface area contributed by atoms with E-state index in [9.17, 15) is 14.2 Å². The maximum absolute atomic E-state index is 10.7. The van der Waals surface area contributed by atoms with Crippen molar-refractivity contribution in [1.82, 2.24) is 5.43 Å².